The molecule has 0 aliphatic heterocycles. The number of hydrogen-bond donors (Lipinski definition) is 2. The average molecular weight is 451 g/mol. The normalized spacial score (nSPS) is 14.1. The van der Waals surface area contributed by atoms with E-state index in [0.717, 1.165) is 24.0 Å². The van der Waals surface area contributed by atoms with Crippen molar-refractivity contribution >= 4 is 11.8 Å². The summed E-state index contributed by atoms with van der Waals surface area (Å²) in [6.45, 7) is 15.0. The van der Waals surface area contributed by atoms with Crippen molar-refractivity contribution in [3.8, 4) is 0 Å². The number of amides is 2. The third kappa shape index (κ3) is 8.68. The van der Waals surface area contributed by atoms with Crippen molar-refractivity contribution in [2.24, 2.45) is 11.8 Å². The fourth-order valence-corrected chi connectivity index (χ4v) is 3.96. The number of hydrogen-bond acceptors (Lipinski definition) is 2. The van der Waals surface area contributed by atoms with E-state index >= 15 is 0 Å². The van der Waals surface area contributed by atoms with Gasteiger partial charge in [-0.3, -0.25) is 9.59 Å². The molecular weight excluding hydrogens is 408 g/mol. The quantitative estimate of drug-likeness (QED) is 0.467. The molecule has 3 atom stereocenters. The van der Waals surface area contributed by atoms with E-state index in [1.807, 2.05) is 45.0 Å². The lowest BCUT2D eigenvalue weighted by atomic mass is 9.96. The van der Waals surface area contributed by atoms with Crippen molar-refractivity contribution in [1.82, 2.24) is 10.6 Å². The van der Waals surface area contributed by atoms with Crippen LogP contribution in [0.1, 0.15) is 82.6 Å². The Morgan fingerprint density at radius 3 is 1.42 bits per heavy atom. The van der Waals surface area contributed by atoms with Gasteiger partial charge >= 0.3 is 0 Å². The van der Waals surface area contributed by atoms with E-state index in [2.05, 4.69) is 62.6 Å². The Morgan fingerprint density at radius 1 is 0.636 bits per heavy atom. The van der Waals surface area contributed by atoms with Crippen molar-refractivity contribution in [2.75, 3.05) is 6.54 Å². The highest BCUT2D eigenvalue weighted by Gasteiger charge is 2.19. The second-order valence-electron chi connectivity index (χ2n) is 10.3. The topological polar surface area (TPSA) is 58.2 Å². The van der Waals surface area contributed by atoms with E-state index in [1.165, 1.54) is 11.1 Å². The Balaban J connectivity index is 1.82. The van der Waals surface area contributed by atoms with E-state index in [-0.39, 0.29) is 29.7 Å². The molecule has 2 amide bonds. The van der Waals surface area contributed by atoms with Gasteiger partial charge in [0.05, 0.1) is 11.8 Å². The molecule has 3 unspecified atom stereocenters. The van der Waals surface area contributed by atoms with Gasteiger partial charge in [0.2, 0.25) is 11.8 Å². The summed E-state index contributed by atoms with van der Waals surface area (Å²) in [4.78, 5) is 25.3. The summed E-state index contributed by atoms with van der Waals surface area (Å²) in [5.41, 5.74) is 4.60. The molecule has 0 saturated heterocycles. The van der Waals surface area contributed by atoms with Crippen LogP contribution in [0.2, 0.25) is 0 Å². The Morgan fingerprint density at radius 2 is 1.03 bits per heavy atom. The lowest BCUT2D eigenvalue weighted by Crippen LogP contribution is -2.44. The molecule has 4 heteroatoms. The maximum absolute atomic E-state index is 12.7. The SMILES string of the molecule is CC(C)Cc1ccc(C(C)C(=O)NCC(C)NC(=O)C(C)c2ccc(CC(C)C)cc2)cc1. The highest BCUT2D eigenvalue weighted by atomic mass is 16.2. The minimum absolute atomic E-state index is 0.0258. The third-order valence-corrected chi connectivity index (χ3v) is 6.01. The summed E-state index contributed by atoms with van der Waals surface area (Å²) < 4.78 is 0. The minimum atomic E-state index is -0.237. The monoisotopic (exact) mass is 450 g/mol. The number of nitrogens with one attached hydrogen (secondary N) is 2. The van der Waals surface area contributed by atoms with Gasteiger partial charge in [-0.15, -0.1) is 0 Å². The molecule has 0 radical (unpaired) electrons. The minimum Gasteiger partial charge on any atom is -0.354 e. The second-order valence-corrected chi connectivity index (χ2v) is 10.3. The zero-order valence-corrected chi connectivity index (χ0v) is 21.4. The highest BCUT2D eigenvalue weighted by Crippen LogP contribution is 2.19. The fraction of sp³-hybridized carbons (Fsp3) is 0.517. The molecule has 2 rings (SSSR count). The predicted molar refractivity (Wildman–Crippen MR) is 137 cm³/mol. The van der Waals surface area contributed by atoms with Crippen molar-refractivity contribution in [1.29, 1.82) is 0 Å². The van der Waals surface area contributed by atoms with Crippen LogP contribution >= 0.6 is 0 Å². The number of rotatable bonds is 11. The van der Waals surface area contributed by atoms with Crippen molar-refractivity contribution in [3.63, 3.8) is 0 Å². The van der Waals surface area contributed by atoms with Crippen LogP contribution in [0.15, 0.2) is 48.5 Å². The fourth-order valence-electron chi connectivity index (χ4n) is 3.96. The molecule has 2 aromatic rings. The van der Waals surface area contributed by atoms with Gasteiger partial charge < -0.3 is 10.6 Å². The molecule has 33 heavy (non-hydrogen) atoms. The van der Waals surface area contributed by atoms with Crippen LogP contribution < -0.4 is 10.6 Å². The van der Waals surface area contributed by atoms with Gasteiger partial charge in [-0.05, 0) is 67.7 Å². The molecule has 0 bridgehead atoms. The second kappa shape index (κ2) is 12.6. The maximum Gasteiger partial charge on any atom is 0.227 e. The van der Waals surface area contributed by atoms with Crippen molar-refractivity contribution in [3.05, 3.63) is 70.8 Å². The molecule has 0 saturated carbocycles. The largest absolute Gasteiger partial charge is 0.354 e. The Hall–Kier alpha value is -2.62. The van der Waals surface area contributed by atoms with E-state index in [9.17, 15) is 9.59 Å². The maximum atomic E-state index is 12.7. The number of carbonyl (C=O) groups excluding carboxylic acids is 2. The Labute approximate surface area is 200 Å². The lowest BCUT2D eigenvalue weighted by Gasteiger charge is -2.20. The van der Waals surface area contributed by atoms with Crippen LogP contribution in [0.4, 0.5) is 0 Å². The molecule has 0 heterocycles. The smallest absolute Gasteiger partial charge is 0.227 e. The van der Waals surface area contributed by atoms with Crippen LogP contribution in [0.5, 0.6) is 0 Å². The summed E-state index contributed by atoms with van der Waals surface area (Å²) in [6, 6.07) is 16.5. The first-order valence-electron chi connectivity index (χ1n) is 12.3. The molecule has 0 spiro atoms. The average Bonchev–Trinajstić information content (AvgIpc) is 2.76. The van der Waals surface area contributed by atoms with E-state index in [0.29, 0.717) is 18.4 Å². The van der Waals surface area contributed by atoms with Crippen LogP contribution in [0.25, 0.3) is 0 Å². The zero-order valence-electron chi connectivity index (χ0n) is 21.4. The van der Waals surface area contributed by atoms with Crippen LogP contribution in [0.3, 0.4) is 0 Å². The van der Waals surface area contributed by atoms with Gasteiger partial charge in [0.25, 0.3) is 0 Å². The zero-order chi connectivity index (χ0) is 24.5. The Bertz CT molecular complexity index is 885. The molecule has 2 N–H and O–H groups in total. The molecule has 4 nitrogen and oxygen atoms in total. The molecule has 180 valence electrons. The standard InChI is InChI=1S/C29H42N2O2/c1-19(2)16-24-8-12-26(13-9-24)22(6)28(32)30-18-21(5)31-29(33)23(7)27-14-10-25(11-15-27)17-20(3)4/h8-15,19-23H,16-18H2,1-7H3,(H,30,32)(H,31,33). The van der Waals surface area contributed by atoms with Gasteiger partial charge in [0.1, 0.15) is 0 Å². The van der Waals surface area contributed by atoms with Gasteiger partial charge in [-0.2, -0.15) is 0 Å². The van der Waals surface area contributed by atoms with Crippen LogP contribution in [-0.2, 0) is 22.4 Å². The van der Waals surface area contributed by atoms with Gasteiger partial charge in [0, 0.05) is 12.6 Å². The Kier molecular flexibility index (Phi) is 10.1. The molecule has 0 aliphatic rings. The van der Waals surface area contributed by atoms with Crippen LogP contribution in [0, 0.1) is 11.8 Å². The summed E-state index contributed by atoms with van der Waals surface area (Å²) in [6.07, 6.45) is 2.08. The molecular formula is C29H42N2O2. The molecule has 0 aliphatic carbocycles. The van der Waals surface area contributed by atoms with E-state index < -0.39 is 0 Å². The lowest BCUT2D eigenvalue weighted by molar-refractivity contribution is -0.124. The summed E-state index contributed by atoms with van der Waals surface area (Å²) in [5, 5.41) is 6.01. The van der Waals surface area contributed by atoms with Crippen molar-refractivity contribution < 1.29 is 9.59 Å². The number of carbonyl (C=O) groups is 2. The third-order valence-electron chi connectivity index (χ3n) is 6.01. The molecule has 0 aromatic heterocycles. The van der Waals surface area contributed by atoms with E-state index in [1.54, 1.807) is 0 Å². The van der Waals surface area contributed by atoms with Gasteiger partial charge in [-0.1, -0.05) is 76.2 Å². The van der Waals surface area contributed by atoms with Gasteiger partial charge in [0.15, 0.2) is 0 Å². The first-order valence-corrected chi connectivity index (χ1v) is 12.3. The number of benzene rings is 2. The highest BCUT2D eigenvalue weighted by molar-refractivity contribution is 5.84. The first-order chi connectivity index (χ1) is 15.6. The van der Waals surface area contributed by atoms with Gasteiger partial charge in [-0.25, -0.2) is 0 Å². The van der Waals surface area contributed by atoms with Crippen molar-refractivity contribution in [2.45, 2.75) is 79.2 Å². The first kappa shape index (κ1) is 26.6. The predicted octanol–water partition coefficient (Wildman–Crippen LogP) is 5.61. The van der Waals surface area contributed by atoms with Crippen LogP contribution in [-0.4, -0.2) is 24.4 Å². The summed E-state index contributed by atoms with van der Waals surface area (Å²) >= 11 is 0. The molecule has 2 aromatic carbocycles. The molecule has 0 fully saturated rings. The summed E-state index contributed by atoms with van der Waals surface area (Å²) in [7, 11) is 0. The summed E-state index contributed by atoms with van der Waals surface area (Å²) in [5.74, 6) is 0.701. The van der Waals surface area contributed by atoms with E-state index in [4.69, 9.17) is 0 Å².